The van der Waals surface area contributed by atoms with Crippen LogP contribution in [0.2, 0.25) is 0 Å². The number of amides is 2. The standard InChI is InChI=1S/C18H26N6O/c25-18(20-9-6-12-24-15-19-14-22-24)21-13-17(23-10-4-5-11-23)16-7-2-1-3-8-16/h1-3,7-8,14-15,17H,4-6,9-13H2,(H2,20,21,25). The Kier molecular flexibility index (Phi) is 6.39. The first-order valence-corrected chi connectivity index (χ1v) is 8.96. The van der Waals surface area contributed by atoms with Crippen molar-refractivity contribution in [3.63, 3.8) is 0 Å². The first kappa shape index (κ1) is 17.4. The van der Waals surface area contributed by atoms with E-state index in [1.165, 1.54) is 24.7 Å². The first-order chi connectivity index (χ1) is 12.3. The second-order valence-electron chi connectivity index (χ2n) is 6.32. The minimum atomic E-state index is -0.112. The van der Waals surface area contributed by atoms with E-state index in [2.05, 4.69) is 49.9 Å². The molecule has 0 bridgehead atoms. The highest BCUT2D eigenvalue weighted by molar-refractivity contribution is 5.73. The summed E-state index contributed by atoms with van der Waals surface area (Å²) in [6.45, 7) is 4.19. The largest absolute Gasteiger partial charge is 0.338 e. The SMILES string of the molecule is O=C(NCCCn1cncn1)NCC(c1ccccc1)N1CCCC1. The Morgan fingerprint density at radius 2 is 1.96 bits per heavy atom. The number of nitrogens with zero attached hydrogens (tertiary/aromatic N) is 4. The predicted molar refractivity (Wildman–Crippen MR) is 96.0 cm³/mol. The summed E-state index contributed by atoms with van der Waals surface area (Å²) in [7, 11) is 0. The van der Waals surface area contributed by atoms with Gasteiger partial charge >= 0.3 is 6.03 Å². The van der Waals surface area contributed by atoms with Gasteiger partial charge in [-0.2, -0.15) is 5.10 Å². The van der Waals surface area contributed by atoms with Crippen LogP contribution in [0, 0.1) is 0 Å². The molecule has 0 spiro atoms. The lowest BCUT2D eigenvalue weighted by molar-refractivity contribution is 0.220. The van der Waals surface area contributed by atoms with Gasteiger partial charge in [0.15, 0.2) is 0 Å². The van der Waals surface area contributed by atoms with Crippen LogP contribution in [0.1, 0.15) is 30.9 Å². The molecule has 1 aliphatic rings. The summed E-state index contributed by atoms with van der Waals surface area (Å²) in [5.41, 5.74) is 1.26. The molecule has 1 saturated heterocycles. The molecule has 1 aromatic heterocycles. The summed E-state index contributed by atoms with van der Waals surface area (Å²) >= 11 is 0. The maximum absolute atomic E-state index is 12.1. The Morgan fingerprint density at radius 3 is 2.68 bits per heavy atom. The summed E-state index contributed by atoms with van der Waals surface area (Å²) in [6, 6.07) is 10.6. The number of aryl methyl sites for hydroxylation is 1. The molecule has 25 heavy (non-hydrogen) atoms. The van der Waals surface area contributed by atoms with Gasteiger partial charge in [0.25, 0.3) is 0 Å². The first-order valence-electron chi connectivity index (χ1n) is 8.96. The molecule has 2 N–H and O–H groups in total. The molecule has 2 amide bonds. The Hall–Kier alpha value is -2.41. The Balaban J connectivity index is 1.43. The molecular weight excluding hydrogens is 316 g/mol. The zero-order valence-electron chi connectivity index (χ0n) is 14.5. The molecule has 7 nitrogen and oxygen atoms in total. The second-order valence-corrected chi connectivity index (χ2v) is 6.32. The summed E-state index contributed by atoms with van der Waals surface area (Å²) < 4.78 is 1.76. The number of urea groups is 1. The van der Waals surface area contributed by atoms with Crippen molar-refractivity contribution in [3.8, 4) is 0 Å². The van der Waals surface area contributed by atoms with Gasteiger partial charge in [0.05, 0.1) is 6.04 Å². The maximum Gasteiger partial charge on any atom is 0.314 e. The molecule has 134 valence electrons. The summed E-state index contributed by atoms with van der Waals surface area (Å²) in [6.07, 6.45) is 6.49. The third-order valence-electron chi connectivity index (χ3n) is 4.54. The molecule has 1 atom stereocenters. The monoisotopic (exact) mass is 342 g/mol. The topological polar surface area (TPSA) is 75.1 Å². The number of carbonyl (C=O) groups is 1. The van der Waals surface area contributed by atoms with Crippen molar-refractivity contribution >= 4 is 6.03 Å². The number of benzene rings is 1. The molecule has 0 saturated carbocycles. The number of nitrogens with one attached hydrogen (secondary N) is 2. The summed E-state index contributed by atoms with van der Waals surface area (Å²) in [5, 5.41) is 9.98. The van der Waals surface area contributed by atoms with Crippen LogP contribution in [0.15, 0.2) is 43.0 Å². The van der Waals surface area contributed by atoms with E-state index in [0.29, 0.717) is 13.1 Å². The number of hydrogen-bond acceptors (Lipinski definition) is 4. The van der Waals surface area contributed by atoms with Crippen LogP contribution in [0.4, 0.5) is 4.79 Å². The van der Waals surface area contributed by atoms with Gasteiger partial charge in [0.1, 0.15) is 12.7 Å². The van der Waals surface area contributed by atoms with Gasteiger partial charge in [0, 0.05) is 19.6 Å². The van der Waals surface area contributed by atoms with Crippen molar-refractivity contribution in [2.45, 2.75) is 31.8 Å². The molecular formula is C18H26N6O. The van der Waals surface area contributed by atoms with Gasteiger partial charge in [-0.05, 0) is 37.9 Å². The van der Waals surface area contributed by atoms with E-state index in [-0.39, 0.29) is 12.1 Å². The third kappa shape index (κ3) is 5.29. The number of rotatable bonds is 8. The van der Waals surface area contributed by atoms with Crippen molar-refractivity contribution in [1.82, 2.24) is 30.3 Å². The van der Waals surface area contributed by atoms with E-state index >= 15 is 0 Å². The average Bonchev–Trinajstić information content (AvgIpc) is 3.34. The molecule has 7 heteroatoms. The van der Waals surface area contributed by atoms with Crippen LogP contribution in [0.5, 0.6) is 0 Å². The van der Waals surface area contributed by atoms with Gasteiger partial charge in [-0.1, -0.05) is 30.3 Å². The van der Waals surface area contributed by atoms with Crippen LogP contribution in [0.25, 0.3) is 0 Å². The van der Waals surface area contributed by atoms with Crippen LogP contribution >= 0.6 is 0 Å². The van der Waals surface area contributed by atoms with Crippen molar-refractivity contribution in [1.29, 1.82) is 0 Å². The van der Waals surface area contributed by atoms with E-state index < -0.39 is 0 Å². The van der Waals surface area contributed by atoms with Crippen molar-refractivity contribution in [3.05, 3.63) is 48.5 Å². The minimum absolute atomic E-state index is 0.112. The Labute approximate surface area is 148 Å². The number of aromatic nitrogens is 3. The highest BCUT2D eigenvalue weighted by atomic mass is 16.2. The van der Waals surface area contributed by atoms with E-state index in [4.69, 9.17) is 0 Å². The fourth-order valence-electron chi connectivity index (χ4n) is 3.23. The van der Waals surface area contributed by atoms with Crippen molar-refractivity contribution in [2.75, 3.05) is 26.2 Å². The molecule has 2 heterocycles. The predicted octanol–water partition coefficient (Wildman–Crippen LogP) is 1.80. The number of carbonyl (C=O) groups excluding carboxylic acids is 1. The van der Waals surface area contributed by atoms with Crippen molar-refractivity contribution < 1.29 is 4.79 Å². The lowest BCUT2D eigenvalue weighted by Crippen LogP contribution is -2.42. The van der Waals surface area contributed by atoms with E-state index in [1.54, 1.807) is 11.0 Å². The van der Waals surface area contributed by atoms with E-state index in [1.807, 2.05) is 6.07 Å². The van der Waals surface area contributed by atoms with Gasteiger partial charge in [-0.15, -0.1) is 0 Å². The van der Waals surface area contributed by atoms with Gasteiger partial charge < -0.3 is 10.6 Å². The molecule has 0 radical (unpaired) electrons. The van der Waals surface area contributed by atoms with Gasteiger partial charge in [0.2, 0.25) is 0 Å². The molecule has 1 aromatic carbocycles. The zero-order valence-corrected chi connectivity index (χ0v) is 14.5. The number of likely N-dealkylation sites (tertiary alicyclic amines) is 1. The highest BCUT2D eigenvalue weighted by Crippen LogP contribution is 2.24. The number of hydrogen-bond donors (Lipinski definition) is 2. The normalized spacial score (nSPS) is 15.8. The van der Waals surface area contributed by atoms with Gasteiger partial charge in [-0.25, -0.2) is 9.78 Å². The molecule has 1 unspecified atom stereocenters. The molecule has 1 aliphatic heterocycles. The van der Waals surface area contributed by atoms with E-state index in [9.17, 15) is 4.79 Å². The second kappa shape index (κ2) is 9.17. The quantitative estimate of drug-likeness (QED) is 0.718. The Bertz CT molecular complexity index is 624. The van der Waals surface area contributed by atoms with E-state index in [0.717, 1.165) is 26.1 Å². The van der Waals surface area contributed by atoms with Crippen LogP contribution in [-0.4, -0.2) is 51.9 Å². The molecule has 3 rings (SSSR count). The molecule has 1 fully saturated rings. The molecule has 2 aromatic rings. The molecule has 0 aliphatic carbocycles. The fraction of sp³-hybridized carbons (Fsp3) is 0.500. The van der Waals surface area contributed by atoms with Crippen molar-refractivity contribution in [2.24, 2.45) is 0 Å². The van der Waals surface area contributed by atoms with Crippen LogP contribution in [-0.2, 0) is 6.54 Å². The zero-order chi connectivity index (χ0) is 17.3. The summed E-state index contributed by atoms with van der Waals surface area (Å²) in [5.74, 6) is 0. The van der Waals surface area contributed by atoms with Crippen LogP contribution in [0.3, 0.4) is 0 Å². The fourth-order valence-corrected chi connectivity index (χ4v) is 3.23. The summed E-state index contributed by atoms with van der Waals surface area (Å²) in [4.78, 5) is 18.4. The Morgan fingerprint density at radius 1 is 1.16 bits per heavy atom. The lowest BCUT2D eigenvalue weighted by atomic mass is 10.1. The third-order valence-corrected chi connectivity index (χ3v) is 4.54. The van der Waals surface area contributed by atoms with Crippen LogP contribution < -0.4 is 10.6 Å². The maximum atomic E-state index is 12.1. The highest BCUT2D eigenvalue weighted by Gasteiger charge is 2.23. The smallest absolute Gasteiger partial charge is 0.314 e. The minimum Gasteiger partial charge on any atom is -0.338 e. The lowest BCUT2D eigenvalue weighted by Gasteiger charge is -2.28. The van der Waals surface area contributed by atoms with Gasteiger partial charge in [-0.3, -0.25) is 9.58 Å². The average molecular weight is 342 g/mol.